The Labute approximate surface area is 201 Å². The van der Waals surface area contributed by atoms with Gasteiger partial charge in [-0.1, -0.05) is 15.9 Å². The van der Waals surface area contributed by atoms with E-state index >= 15 is 0 Å². The molecule has 0 aromatic heterocycles. The first-order chi connectivity index (χ1) is 15.9. The number of halogens is 1. The maximum atomic E-state index is 13.6. The van der Waals surface area contributed by atoms with Gasteiger partial charge >= 0.3 is 0 Å². The molecule has 1 aromatic carbocycles. The second-order valence-corrected chi connectivity index (χ2v) is 9.99. The monoisotopic (exact) mass is 523 g/mol. The van der Waals surface area contributed by atoms with E-state index in [9.17, 15) is 14.4 Å². The van der Waals surface area contributed by atoms with Gasteiger partial charge in [-0.15, -0.1) is 0 Å². The van der Waals surface area contributed by atoms with Gasteiger partial charge in [-0.05, 0) is 49.9 Å². The SMILES string of the molecule is CNC(=O)[C@H]1[C@@H]2OC3(CC2Br)C(C(=O)Nc2ccc(OC)cc2)N(CCCCCO)C(=O)[C@H]13. The fourth-order valence-corrected chi connectivity index (χ4v) is 6.54. The van der Waals surface area contributed by atoms with E-state index in [2.05, 4.69) is 26.6 Å². The molecule has 6 atom stereocenters. The van der Waals surface area contributed by atoms with E-state index in [0.29, 0.717) is 37.2 Å². The highest BCUT2D eigenvalue weighted by Crippen LogP contribution is 2.60. The first-order valence-corrected chi connectivity index (χ1v) is 12.2. The fourth-order valence-electron chi connectivity index (χ4n) is 5.59. The molecule has 3 aliphatic rings. The van der Waals surface area contributed by atoms with Gasteiger partial charge in [0.25, 0.3) is 0 Å². The summed E-state index contributed by atoms with van der Waals surface area (Å²) in [6.45, 7) is 0.440. The normalized spacial score (nSPS) is 32.1. The number of aliphatic hydroxyl groups excluding tert-OH is 1. The van der Waals surface area contributed by atoms with Crippen molar-refractivity contribution >= 4 is 39.3 Å². The highest BCUT2D eigenvalue weighted by Gasteiger charge is 2.76. The van der Waals surface area contributed by atoms with Crippen molar-refractivity contribution in [2.45, 2.75) is 48.3 Å². The van der Waals surface area contributed by atoms with Crippen LogP contribution in [0.15, 0.2) is 24.3 Å². The number of hydrogen-bond donors (Lipinski definition) is 3. The van der Waals surface area contributed by atoms with Crippen molar-refractivity contribution in [1.29, 1.82) is 0 Å². The quantitative estimate of drug-likeness (QED) is 0.331. The molecule has 33 heavy (non-hydrogen) atoms. The molecule has 2 bridgehead atoms. The van der Waals surface area contributed by atoms with Gasteiger partial charge < -0.3 is 30.1 Å². The number of amides is 3. The summed E-state index contributed by atoms with van der Waals surface area (Å²) in [6, 6.07) is 6.11. The van der Waals surface area contributed by atoms with Crippen molar-refractivity contribution in [3.8, 4) is 5.75 Å². The summed E-state index contributed by atoms with van der Waals surface area (Å²) in [4.78, 5) is 41.4. The van der Waals surface area contributed by atoms with Crippen LogP contribution in [-0.4, -0.2) is 77.6 Å². The van der Waals surface area contributed by atoms with Crippen LogP contribution < -0.4 is 15.4 Å². The summed E-state index contributed by atoms with van der Waals surface area (Å²) in [5.74, 6) is -1.50. The Bertz CT molecular complexity index is 912. The van der Waals surface area contributed by atoms with Crippen LogP contribution in [0.1, 0.15) is 25.7 Å². The third-order valence-electron chi connectivity index (χ3n) is 7.00. The van der Waals surface area contributed by atoms with Crippen LogP contribution in [0.5, 0.6) is 5.75 Å². The molecule has 3 saturated heterocycles. The highest BCUT2D eigenvalue weighted by atomic mass is 79.9. The van der Waals surface area contributed by atoms with E-state index < -0.39 is 29.6 Å². The molecule has 3 unspecified atom stereocenters. The summed E-state index contributed by atoms with van der Waals surface area (Å²) < 4.78 is 11.6. The number of anilines is 1. The van der Waals surface area contributed by atoms with Crippen molar-refractivity contribution in [1.82, 2.24) is 10.2 Å². The molecular weight excluding hydrogens is 494 g/mol. The molecule has 0 radical (unpaired) electrons. The molecule has 4 rings (SSSR count). The topological polar surface area (TPSA) is 117 Å². The average molecular weight is 524 g/mol. The van der Waals surface area contributed by atoms with Crippen LogP contribution in [0.4, 0.5) is 5.69 Å². The number of unbranched alkanes of at least 4 members (excludes halogenated alkanes) is 2. The fraction of sp³-hybridized carbons (Fsp3) is 0.609. The Hall–Kier alpha value is -2.17. The second-order valence-electron chi connectivity index (χ2n) is 8.81. The Balaban J connectivity index is 1.65. The smallest absolute Gasteiger partial charge is 0.250 e. The molecule has 180 valence electrons. The van der Waals surface area contributed by atoms with E-state index in [1.54, 1.807) is 43.3 Å². The molecule has 3 fully saturated rings. The van der Waals surface area contributed by atoms with Gasteiger partial charge in [0.05, 0.1) is 25.0 Å². The van der Waals surface area contributed by atoms with Gasteiger partial charge in [-0.25, -0.2) is 0 Å². The summed E-state index contributed by atoms with van der Waals surface area (Å²) in [7, 11) is 3.11. The van der Waals surface area contributed by atoms with Crippen LogP contribution in [0.2, 0.25) is 0 Å². The van der Waals surface area contributed by atoms with E-state index in [1.165, 1.54) is 0 Å². The van der Waals surface area contributed by atoms with Gasteiger partial charge in [-0.2, -0.15) is 0 Å². The third kappa shape index (κ3) is 4.02. The number of carbonyl (C=O) groups excluding carboxylic acids is 3. The number of likely N-dealkylation sites (tertiary alicyclic amines) is 1. The van der Waals surface area contributed by atoms with Crippen molar-refractivity contribution < 1.29 is 29.0 Å². The van der Waals surface area contributed by atoms with E-state index in [1.807, 2.05) is 0 Å². The van der Waals surface area contributed by atoms with Gasteiger partial charge in [0.2, 0.25) is 17.7 Å². The highest BCUT2D eigenvalue weighted by molar-refractivity contribution is 9.09. The Morgan fingerprint density at radius 1 is 1.24 bits per heavy atom. The summed E-state index contributed by atoms with van der Waals surface area (Å²) in [5, 5.41) is 14.7. The number of alkyl halides is 1. The number of methoxy groups -OCH3 is 1. The average Bonchev–Trinajstić information content (AvgIpc) is 3.40. The molecule has 3 amide bonds. The van der Waals surface area contributed by atoms with Gasteiger partial charge in [0, 0.05) is 30.7 Å². The molecule has 0 saturated carbocycles. The zero-order chi connectivity index (χ0) is 23.8. The number of nitrogens with zero attached hydrogens (tertiary/aromatic N) is 1. The molecule has 0 aliphatic carbocycles. The first kappa shape index (κ1) is 24.0. The zero-order valence-corrected chi connectivity index (χ0v) is 20.3. The van der Waals surface area contributed by atoms with Crippen molar-refractivity contribution in [3.63, 3.8) is 0 Å². The first-order valence-electron chi connectivity index (χ1n) is 11.3. The van der Waals surface area contributed by atoms with Crippen LogP contribution >= 0.6 is 15.9 Å². The number of carbonyl (C=O) groups is 3. The number of fused-ring (bicyclic) bond motifs is 1. The summed E-state index contributed by atoms with van der Waals surface area (Å²) >= 11 is 3.63. The summed E-state index contributed by atoms with van der Waals surface area (Å²) in [5.41, 5.74) is -0.486. The lowest BCUT2D eigenvalue weighted by Crippen LogP contribution is -2.54. The third-order valence-corrected chi connectivity index (χ3v) is 7.85. The van der Waals surface area contributed by atoms with Gasteiger partial charge in [0.1, 0.15) is 17.4 Å². The van der Waals surface area contributed by atoms with Crippen LogP contribution in [-0.2, 0) is 19.1 Å². The van der Waals surface area contributed by atoms with E-state index in [0.717, 1.165) is 6.42 Å². The lowest BCUT2D eigenvalue weighted by molar-refractivity contribution is -0.140. The van der Waals surface area contributed by atoms with E-state index in [4.69, 9.17) is 14.6 Å². The van der Waals surface area contributed by atoms with Crippen LogP contribution in [0.25, 0.3) is 0 Å². The van der Waals surface area contributed by atoms with Crippen molar-refractivity contribution in [3.05, 3.63) is 24.3 Å². The molecule has 3 aliphatic heterocycles. The van der Waals surface area contributed by atoms with Crippen molar-refractivity contribution in [2.24, 2.45) is 11.8 Å². The summed E-state index contributed by atoms with van der Waals surface area (Å²) in [6.07, 6.45) is 2.01. The van der Waals surface area contributed by atoms with Crippen LogP contribution in [0.3, 0.4) is 0 Å². The maximum absolute atomic E-state index is 13.6. The Morgan fingerprint density at radius 2 is 1.97 bits per heavy atom. The van der Waals surface area contributed by atoms with Gasteiger partial charge in [0.15, 0.2) is 0 Å². The predicted octanol–water partition coefficient (Wildman–Crippen LogP) is 1.29. The minimum atomic E-state index is -1.07. The maximum Gasteiger partial charge on any atom is 0.250 e. The number of aliphatic hydroxyl groups is 1. The van der Waals surface area contributed by atoms with Gasteiger partial charge in [-0.3, -0.25) is 14.4 Å². The Morgan fingerprint density at radius 3 is 2.61 bits per heavy atom. The molecule has 10 heteroatoms. The Kier molecular flexibility index (Phi) is 6.97. The number of benzene rings is 1. The number of rotatable bonds is 9. The predicted molar refractivity (Wildman–Crippen MR) is 124 cm³/mol. The number of hydrogen-bond acceptors (Lipinski definition) is 6. The molecule has 3 heterocycles. The van der Waals surface area contributed by atoms with E-state index in [-0.39, 0.29) is 29.2 Å². The molecule has 9 nitrogen and oxygen atoms in total. The standard InChI is InChI=1S/C23H30BrN3O6/c1-25-20(29)16-17-22(31)27(10-4-3-5-11-28)19(23(17)12-15(24)18(16)33-23)21(30)26-13-6-8-14(32-2)9-7-13/h6-9,15-19,28H,3-5,10-12H2,1-2H3,(H,25,29)(H,26,30)/t15?,16-,17+,18-,19?,23?/m1/s1. The minimum Gasteiger partial charge on any atom is -0.497 e. The van der Waals surface area contributed by atoms with Crippen molar-refractivity contribution in [2.75, 3.05) is 32.6 Å². The minimum absolute atomic E-state index is 0.0801. The van der Waals surface area contributed by atoms with Crippen LogP contribution in [0, 0.1) is 11.8 Å². The second kappa shape index (κ2) is 9.60. The molecular formula is C23H30BrN3O6. The zero-order valence-electron chi connectivity index (χ0n) is 18.8. The molecule has 1 spiro atoms. The molecule has 3 N–H and O–H groups in total. The number of ether oxygens (including phenoxy) is 2. The molecule has 1 aromatic rings. The largest absolute Gasteiger partial charge is 0.497 e. The number of nitrogens with one attached hydrogen (secondary N) is 2. The lowest BCUT2D eigenvalue weighted by atomic mass is 9.70. The lowest BCUT2D eigenvalue weighted by Gasteiger charge is -2.34.